The van der Waals surface area contributed by atoms with E-state index in [2.05, 4.69) is 46.6 Å². The van der Waals surface area contributed by atoms with Gasteiger partial charge in [-0.3, -0.25) is 9.69 Å². The van der Waals surface area contributed by atoms with Gasteiger partial charge in [0.1, 0.15) is 0 Å². The minimum Gasteiger partial charge on any atom is -0.352 e. The Balaban J connectivity index is 1.55. The van der Waals surface area contributed by atoms with Gasteiger partial charge in [-0.05, 0) is 37.3 Å². The van der Waals surface area contributed by atoms with Gasteiger partial charge in [0.15, 0.2) is 0 Å². The van der Waals surface area contributed by atoms with Gasteiger partial charge in [0.25, 0.3) is 0 Å². The van der Waals surface area contributed by atoms with E-state index in [9.17, 15) is 4.79 Å². The lowest BCUT2D eigenvalue weighted by Crippen LogP contribution is -2.48. The van der Waals surface area contributed by atoms with Crippen LogP contribution in [0.25, 0.3) is 5.57 Å². The van der Waals surface area contributed by atoms with Gasteiger partial charge in [0.05, 0.1) is 6.04 Å². The summed E-state index contributed by atoms with van der Waals surface area (Å²) in [5.74, 6) is 0.198. The Morgan fingerprint density at radius 1 is 1.23 bits per heavy atom. The second kappa shape index (κ2) is 7.10. The maximum Gasteiger partial charge on any atom is 0.237 e. The summed E-state index contributed by atoms with van der Waals surface area (Å²) < 4.78 is 0. The van der Waals surface area contributed by atoms with E-state index >= 15 is 0 Å². The summed E-state index contributed by atoms with van der Waals surface area (Å²) in [5.41, 5.74) is 2.71. The van der Waals surface area contributed by atoms with E-state index in [1.807, 2.05) is 6.92 Å². The fourth-order valence-corrected chi connectivity index (χ4v) is 3.51. The van der Waals surface area contributed by atoms with Crippen molar-refractivity contribution in [3.05, 3.63) is 42.0 Å². The molecule has 1 atom stereocenters. The van der Waals surface area contributed by atoms with Crippen LogP contribution in [-0.4, -0.2) is 36.0 Å². The Labute approximate surface area is 133 Å². The van der Waals surface area contributed by atoms with E-state index in [4.69, 9.17) is 0 Å². The summed E-state index contributed by atoms with van der Waals surface area (Å²) in [7, 11) is 0. The molecule has 1 amide bonds. The quantitative estimate of drug-likeness (QED) is 0.925. The standard InChI is InChI=1S/C19H26N2O/c1-15(19(22)20-18-9-5-6-10-18)21-13-11-17(12-14-21)16-7-3-2-4-8-16/h2-4,7-8,11,15,18H,5-6,9-10,12-14H2,1H3,(H,20,22)/t15-/m0/s1. The van der Waals surface area contributed by atoms with Crippen molar-refractivity contribution in [1.29, 1.82) is 0 Å². The minimum absolute atomic E-state index is 0.0332. The Hall–Kier alpha value is -1.61. The van der Waals surface area contributed by atoms with Crippen molar-refractivity contribution < 1.29 is 4.79 Å². The van der Waals surface area contributed by atoms with Gasteiger partial charge in [-0.1, -0.05) is 49.2 Å². The number of rotatable bonds is 4. The molecule has 0 spiro atoms. The third-order valence-electron chi connectivity index (χ3n) is 5.01. The molecule has 1 aromatic rings. The van der Waals surface area contributed by atoms with Crippen molar-refractivity contribution >= 4 is 11.5 Å². The first kappa shape index (κ1) is 15.3. The lowest BCUT2D eigenvalue weighted by Gasteiger charge is -2.31. The fraction of sp³-hybridized carbons (Fsp3) is 0.526. The van der Waals surface area contributed by atoms with Crippen LogP contribution in [-0.2, 0) is 4.79 Å². The molecular formula is C19H26N2O. The highest BCUT2D eigenvalue weighted by molar-refractivity contribution is 5.81. The predicted molar refractivity (Wildman–Crippen MR) is 90.5 cm³/mol. The van der Waals surface area contributed by atoms with E-state index in [0.717, 1.165) is 32.4 Å². The number of amides is 1. The van der Waals surface area contributed by atoms with E-state index < -0.39 is 0 Å². The lowest BCUT2D eigenvalue weighted by atomic mass is 9.99. The molecule has 0 aromatic heterocycles. The highest BCUT2D eigenvalue weighted by atomic mass is 16.2. The molecule has 1 aliphatic heterocycles. The Bertz CT molecular complexity index is 532. The van der Waals surface area contributed by atoms with Gasteiger partial charge in [0.2, 0.25) is 5.91 Å². The van der Waals surface area contributed by atoms with Crippen molar-refractivity contribution in [3.63, 3.8) is 0 Å². The summed E-state index contributed by atoms with van der Waals surface area (Å²) in [4.78, 5) is 14.7. The average Bonchev–Trinajstić information content (AvgIpc) is 3.08. The molecule has 1 fully saturated rings. The zero-order valence-electron chi connectivity index (χ0n) is 13.4. The van der Waals surface area contributed by atoms with Crippen LogP contribution in [0, 0.1) is 0 Å². The fourth-order valence-electron chi connectivity index (χ4n) is 3.51. The smallest absolute Gasteiger partial charge is 0.237 e. The molecule has 0 bridgehead atoms. The predicted octanol–water partition coefficient (Wildman–Crippen LogP) is 3.22. The van der Waals surface area contributed by atoms with Crippen molar-refractivity contribution in [3.8, 4) is 0 Å². The molecular weight excluding hydrogens is 272 g/mol. The number of carbonyl (C=O) groups is 1. The number of carbonyl (C=O) groups excluding carboxylic acids is 1. The average molecular weight is 298 g/mol. The lowest BCUT2D eigenvalue weighted by molar-refractivity contribution is -0.126. The molecule has 1 N–H and O–H groups in total. The SMILES string of the molecule is C[C@@H](C(=O)NC1CCCC1)N1CC=C(c2ccccc2)CC1. The minimum atomic E-state index is -0.0332. The monoisotopic (exact) mass is 298 g/mol. The second-order valence-corrected chi connectivity index (χ2v) is 6.51. The molecule has 22 heavy (non-hydrogen) atoms. The van der Waals surface area contributed by atoms with E-state index in [1.54, 1.807) is 0 Å². The molecule has 1 heterocycles. The van der Waals surface area contributed by atoms with Crippen molar-refractivity contribution in [2.24, 2.45) is 0 Å². The molecule has 1 aromatic carbocycles. The zero-order valence-corrected chi connectivity index (χ0v) is 13.4. The highest BCUT2D eigenvalue weighted by Gasteiger charge is 2.26. The van der Waals surface area contributed by atoms with Crippen LogP contribution in [0.4, 0.5) is 0 Å². The molecule has 1 aliphatic carbocycles. The first-order valence-corrected chi connectivity index (χ1v) is 8.53. The van der Waals surface area contributed by atoms with Crippen LogP contribution in [0.5, 0.6) is 0 Å². The van der Waals surface area contributed by atoms with Gasteiger partial charge >= 0.3 is 0 Å². The van der Waals surface area contributed by atoms with Crippen LogP contribution in [0.15, 0.2) is 36.4 Å². The van der Waals surface area contributed by atoms with Gasteiger partial charge in [0, 0.05) is 19.1 Å². The topological polar surface area (TPSA) is 32.3 Å². The molecule has 0 radical (unpaired) electrons. The number of nitrogens with one attached hydrogen (secondary N) is 1. The molecule has 3 heteroatoms. The third-order valence-corrected chi connectivity index (χ3v) is 5.01. The summed E-state index contributed by atoms with van der Waals surface area (Å²) in [6, 6.07) is 10.9. The summed E-state index contributed by atoms with van der Waals surface area (Å²) >= 11 is 0. The Kier molecular flexibility index (Phi) is 4.94. The van der Waals surface area contributed by atoms with Gasteiger partial charge in [-0.15, -0.1) is 0 Å². The molecule has 0 unspecified atom stereocenters. The first-order chi connectivity index (χ1) is 10.7. The molecule has 1 saturated carbocycles. The van der Waals surface area contributed by atoms with Gasteiger partial charge < -0.3 is 5.32 Å². The van der Waals surface area contributed by atoms with Crippen LogP contribution in [0.3, 0.4) is 0 Å². The number of benzene rings is 1. The molecule has 118 valence electrons. The molecule has 0 saturated heterocycles. The second-order valence-electron chi connectivity index (χ2n) is 6.51. The Morgan fingerprint density at radius 2 is 1.95 bits per heavy atom. The highest BCUT2D eigenvalue weighted by Crippen LogP contribution is 2.23. The van der Waals surface area contributed by atoms with Crippen LogP contribution in [0.1, 0.15) is 44.6 Å². The van der Waals surface area contributed by atoms with E-state index in [0.29, 0.717) is 6.04 Å². The third kappa shape index (κ3) is 3.58. The van der Waals surface area contributed by atoms with Gasteiger partial charge in [-0.2, -0.15) is 0 Å². The summed E-state index contributed by atoms with van der Waals surface area (Å²) in [6.07, 6.45) is 8.11. The van der Waals surface area contributed by atoms with E-state index in [-0.39, 0.29) is 11.9 Å². The summed E-state index contributed by atoms with van der Waals surface area (Å²) in [6.45, 7) is 3.86. The van der Waals surface area contributed by atoms with Crippen LogP contribution in [0.2, 0.25) is 0 Å². The number of nitrogens with zero attached hydrogens (tertiary/aromatic N) is 1. The van der Waals surface area contributed by atoms with Crippen LogP contribution >= 0.6 is 0 Å². The number of hydrogen-bond acceptors (Lipinski definition) is 2. The normalized spacial score (nSPS) is 21.4. The number of hydrogen-bond donors (Lipinski definition) is 1. The van der Waals surface area contributed by atoms with Gasteiger partial charge in [-0.25, -0.2) is 0 Å². The molecule has 3 rings (SSSR count). The Morgan fingerprint density at radius 3 is 2.59 bits per heavy atom. The van der Waals surface area contributed by atoms with Crippen molar-refractivity contribution in [2.75, 3.05) is 13.1 Å². The maximum atomic E-state index is 12.4. The first-order valence-electron chi connectivity index (χ1n) is 8.53. The zero-order chi connectivity index (χ0) is 15.4. The van der Waals surface area contributed by atoms with Crippen molar-refractivity contribution in [1.82, 2.24) is 10.2 Å². The van der Waals surface area contributed by atoms with E-state index in [1.165, 1.54) is 24.0 Å². The largest absolute Gasteiger partial charge is 0.352 e. The van der Waals surface area contributed by atoms with Crippen LogP contribution < -0.4 is 5.32 Å². The maximum absolute atomic E-state index is 12.4. The molecule has 2 aliphatic rings. The summed E-state index contributed by atoms with van der Waals surface area (Å²) in [5, 5.41) is 3.22. The molecule has 3 nitrogen and oxygen atoms in total. The van der Waals surface area contributed by atoms with Crippen molar-refractivity contribution in [2.45, 2.75) is 51.1 Å².